The second kappa shape index (κ2) is 6.40. The van der Waals surface area contributed by atoms with E-state index in [1.165, 1.54) is 12.7 Å². The van der Waals surface area contributed by atoms with Gasteiger partial charge in [0.15, 0.2) is 7.14 Å². The Morgan fingerprint density at radius 3 is 2.41 bits per heavy atom. The number of rotatable bonds is 4. The molecular weight excluding hydrogens is 391 g/mol. The third kappa shape index (κ3) is 3.45. The van der Waals surface area contributed by atoms with Gasteiger partial charge in [-0.1, -0.05) is 34.1 Å². The van der Waals surface area contributed by atoms with E-state index in [0.717, 1.165) is 11.1 Å². The van der Waals surface area contributed by atoms with Crippen LogP contribution >= 0.6 is 15.9 Å². The van der Waals surface area contributed by atoms with Gasteiger partial charge in [0.1, 0.15) is 5.75 Å². The SMILES string of the molecule is COc1ccc([I+]c2ccccc2CBr)cc1. The minimum atomic E-state index is -0.103. The van der Waals surface area contributed by atoms with E-state index in [-0.39, 0.29) is 21.2 Å². The van der Waals surface area contributed by atoms with Gasteiger partial charge in [-0.15, -0.1) is 0 Å². The van der Waals surface area contributed by atoms with Crippen LogP contribution in [0.15, 0.2) is 48.5 Å². The molecule has 0 N–H and O–H groups in total. The Labute approximate surface area is 121 Å². The monoisotopic (exact) mass is 403 g/mol. The van der Waals surface area contributed by atoms with E-state index >= 15 is 0 Å². The van der Waals surface area contributed by atoms with Gasteiger partial charge < -0.3 is 4.74 Å². The van der Waals surface area contributed by atoms with Crippen LogP contribution in [0.2, 0.25) is 0 Å². The second-order valence-corrected chi connectivity index (χ2v) is 6.99. The van der Waals surface area contributed by atoms with Gasteiger partial charge in [-0.25, -0.2) is 0 Å². The number of hydrogen-bond acceptors (Lipinski definition) is 1. The molecule has 0 radical (unpaired) electrons. The molecule has 2 rings (SSSR count). The second-order valence-electron chi connectivity index (χ2n) is 3.48. The number of ether oxygens (including phenoxy) is 1. The van der Waals surface area contributed by atoms with Gasteiger partial charge in [-0.3, -0.25) is 0 Å². The molecule has 88 valence electrons. The van der Waals surface area contributed by atoms with Gasteiger partial charge >= 0.3 is 21.2 Å². The third-order valence-corrected chi connectivity index (χ3v) is 5.94. The zero-order chi connectivity index (χ0) is 12.1. The Kier molecular flexibility index (Phi) is 4.86. The largest absolute Gasteiger partial charge is 0.497 e. The summed E-state index contributed by atoms with van der Waals surface area (Å²) in [5, 5.41) is 0.930. The molecular formula is C14H13BrIO+. The van der Waals surface area contributed by atoms with E-state index in [9.17, 15) is 0 Å². The molecule has 0 fully saturated rings. The first-order valence-electron chi connectivity index (χ1n) is 5.26. The highest BCUT2D eigenvalue weighted by Crippen LogP contribution is 2.07. The summed E-state index contributed by atoms with van der Waals surface area (Å²) in [7, 11) is 1.70. The van der Waals surface area contributed by atoms with Crippen molar-refractivity contribution < 1.29 is 25.9 Å². The Morgan fingerprint density at radius 1 is 1.06 bits per heavy atom. The van der Waals surface area contributed by atoms with Crippen molar-refractivity contribution in [1.29, 1.82) is 0 Å². The van der Waals surface area contributed by atoms with Crippen LogP contribution in [0.25, 0.3) is 0 Å². The van der Waals surface area contributed by atoms with Crippen molar-refractivity contribution >= 4 is 15.9 Å². The fraction of sp³-hybridized carbons (Fsp3) is 0.143. The molecule has 0 saturated carbocycles. The summed E-state index contributed by atoms with van der Waals surface area (Å²) in [5.74, 6) is 0.923. The highest BCUT2D eigenvalue weighted by Gasteiger charge is 2.18. The van der Waals surface area contributed by atoms with Crippen LogP contribution < -0.4 is 25.9 Å². The molecule has 0 atom stereocenters. The summed E-state index contributed by atoms with van der Waals surface area (Å²) >= 11 is 3.44. The average molecular weight is 404 g/mol. The van der Waals surface area contributed by atoms with E-state index in [2.05, 4.69) is 52.3 Å². The Morgan fingerprint density at radius 2 is 1.76 bits per heavy atom. The van der Waals surface area contributed by atoms with Crippen LogP contribution in [0, 0.1) is 7.14 Å². The van der Waals surface area contributed by atoms with Crippen molar-refractivity contribution in [1.82, 2.24) is 0 Å². The average Bonchev–Trinajstić information content (AvgIpc) is 2.40. The number of benzene rings is 2. The minimum absolute atomic E-state index is 0.103. The lowest BCUT2D eigenvalue weighted by Crippen LogP contribution is -3.61. The quantitative estimate of drug-likeness (QED) is 0.540. The van der Waals surface area contributed by atoms with Crippen LogP contribution in [0.4, 0.5) is 0 Å². The lowest BCUT2D eigenvalue weighted by molar-refractivity contribution is -0.598. The first-order valence-corrected chi connectivity index (χ1v) is 8.54. The molecule has 2 aromatic carbocycles. The Hall–Kier alpha value is -0.550. The van der Waals surface area contributed by atoms with Crippen molar-refractivity contribution in [2.24, 2.45) is 0 Å². The zero-order valence-corrected chi connectivity index (χ0v) is 13.2. The molecule has 0 amide bonds. The van der Waals surface area contributed by atoms with Gasteiger partial charge in [-0.2, -0.15) is 0 Å². The van der Waals surface area contributed by atoms with Crippen LogP contribution in [0.3, 0.4) is 0 Å². The molecule has 0 aliphatic rings. The lowest BCUT2D eigenvalue weighted by Gasteiger charge is -1.97. The molecule has 2 aromatic rings. The fourth-order valence-corrected chi connectivity index (χ4v) is 4.96. The zero-order valence-electron chi connectivity index (χ0n) is 9.49. The maximum absolute atomic E-state index is 5.17. The fourth-order valence-electron chi connectivity index (χ4n) is 1.45. The minimum Gasteiger partial charge on any atom is -0.497 e. The van der Waals surface area contributed by atoms with Crippen molar-refractivity contribution in [2.75, 3.05) is 7.11 Å². The third-order valence-electron chi connectivity index (χ3n) is 2.36. The first-order chi connectivity index (χ1) is 8.33. The lowest BCUT2D eigenvalue weighted by atomic mass is 10.2. The van der Waals surface area contributed by atoms with Gasteiger partial charge in [0, 0.05) is 10.9 Å². The first kappa shape index (κ1) is 12.9. The topological polar surface area (TPSA) is 9.23 Å². The predicted molar refractivity (Wildman–Crippen MR) is 69.5 cm³/mol. The summed E-state index contributed by atoms with van der Waals surface area (Å²) in [5.41, 5.74) is 1.40. The molecule has 0 unspecified atom stereocenters. The van der Waals surface area contributed by atoms with Gasteiger partial charge in [0.05, 0.1) is 7.11 Å². The summed E-state index contributed by atoms with van der Waals surface area (Å²) in [4.78, 5) is 0. The standard InChI is InChI=1S/C14H13BrIO/c1-17-13-8-6-12(7-9-13)16-14-5-3-2-4-11(14)10-15/h2-9H,10H2,1H3/q+1. The number of halogens is 2. The number of methoxy groups -OCH3 is 1. The molecule has 0 heterocycles. The molecule has 0 aliphatic carbocycles. The molecule has 0 bridgehead atoms. The number of alkyl halides is 1. The van der Waals surface area contributed by atoms with E-state index in [0.29, 0.717) is 0 Å². The van der Waals surface area contributed by atoms with E-state index in [1.807, 2.05) is 12.1 Å². The summed E-state index contributed by atoms with van der Waals surface area (Å²) < 4.78 is 8.06. The van der Waals surface area contributed by atoms with Crippen molar-refractivity contribution in [3.8, 4) is 5.75 Å². The number of hydrogen-bond donors (Lipinski definition) is 0. The Balaban J connectivity index is 2.19. The van der Waals surface area contributed by atoms with Crippen LogP contribution in [-0.4, -0.2) is 7.11 Å². The molecule has 0 spiro atoms. The molecule has 17 heavy (non-hydrogen) atoms. The molecule has 0 saturated heterocycles. The molecule has 0 aromatic heterocycles. The van der Waals surface area contributed by atoms with E-state index in [1.54, 1.807) is 7.11 Å². The predicted octanol–water partition coefficient (Wildman–Crippen LogP) is 0.719. The van der Waals surface area contributed by atoms with Gasteiger partial charge in [0.25, 0.3) is 0 Å². The summed E-state index contributed by atoms with van der Waals surface area (Å²) in [6, 6.07) is 17.0. The molecule has 0 aliphatic heterocycles. The maximum Gasteiger partial charge on any atom is 0.358 e. The van der Waals surface area contributed by atoms with Crippen molar-refractivity contribution in [3.63, 3.8) is 0 Å². The highest BCUT2D eigenvalue weighted by molar-refractivity contribution is 9.08. The summed E-state index contributed by atoms with van der Waals surface area (Å²) in [6.45, 7) is 0. The smallest absolute Gasteiger partial charge is 0.358 e. The highest BCUT2D eigenvalue weighted by atomic mass is 127. The van der Waals surface area contributed by atoms with Crippen molar-refractivity contribution in [3.05, 3.63) is 61.2 Å². The van der Waals surface area contributed by atoms with E-state index < -0.39 is 0 Å². The molecule has 1 nitrogen and oxygen atoms in total. The van der Waals surface area contributed by atoms with Gasteiger partial charge in [0.2, 0.25) is 0 Å². The van der Waals surface area contributed by atoms with Crippen LogP contribution in [-0.2, 0) is 5.33 Å². The van der Waals surface area contributed by atoms with Gasteiger partial charge in [-0.05, 0) is 30.3 Å². The normalized spacial score (nSPS) is 10.2. The Bertz CT molecular complexity index is 482. The van der Waals surface area contributed by atoms with E-state index in [4.69, 9.17) is 4.74 Å². The van der Waals surface area contributed by atoms with Crippen molar-refractivity contribution in [2.45, 2.75) is 5.33 Å². The maximum atomic E-state index is 5.17. The summed E-state index contributed by atoms with van der Waals surface area (Å²) in [6.07, 6.45) is 0. The van der Waals surface area contributed by atoms with Crippen LogP contribution in [0.5, 0.6) is 5.75 Å². The van der Waals surface area contributed by atoms with Crippen LogP contribution in [0.1, 0.15) is 5.56 Å². The molecule has 3 heteroatoms.